The van der Waals surface area contributed by atoms with E-state index in [0.29, 0.717) is 11.0 Å². The summed E-state index contributed by atoms with van der Waals surface area (Å²) in [5, 5.41) is 0.598. The Bertz CT molecular complexity index is 914. The maximum atomic E-state index is 12.7. The maximum absolute atomic E-state index is 12.7. The van der Waals surface area contributed by atoms with Gasteiger partial charge in [-0.2, -0.15) is 0 Å². The van der Waals surface area contributed by atoms with E-state index in [9.17, 15) is 4.79 Å². The number of piperazine rings is 1. The highest BCUT2D eigenvalue weighted by Crippen LogP contribution is 2.25. The van der Waals surface area contributed by atoms with E-state index < -0.39 is 0 Å². The molecule has 2 aliphatic rings. The highest BCUT2D eigenvalue weighted by atomic mass is 32.1. The maximum Gasteiger partial charge on any atom is 0.282 e. The van der Waals surface area contributed by atoms with Crippen molar-refractivity contribution in [1.82, 2.24) is 24.8 Å². The first-order chi connectivity index (χ1) is 13.3. The Balaban J connectivity index is 1.16. The van der Waals surface area contributed by atoms with Crippen molar-refractivity contribution >= 4 is 33.4 Å². The fourth-order valence-corrected chi connectivity index (χ4v) is 4.63. The number of hydrogen-bond donors (Lipinski definition) is 0. The van der Waals surface area contributed by atoms with Crippen LogP contribution in [0.2, 0.25) is 0 Å². The molecule has 2 fully saturated rings. The van der Waals surface area contributed by atoms with Gasteiger partial charge in [-0.05, 0) is 18.2 Å². The van der Waals surface area contributed by atoms with Crippen LogP contribution >= 0.6 is 11.3 Å². The summed E-state index contributed by atoms with van der Waals surface area (Å²) in [5.74, 6) is 0.863. The third-order valence-electron chi connectivity index (χ3n) is 5.29. The number of hydrogen-bond acceptors (Lipinski definition) is 7. The molecule has 8 heteroatoms. The van der Waals surface area contributed by atoms with Crippen LogP contribution in [0.15, 0.2) is 42.7 Å². The van der Waals surface area contributed by atoms with Crippen LogP contribution in [0.5, 0.6) is 0 Å². The lowest BCUT2D eigenvalue weighted by Gasteiger charge is -2.47. The number of benzene rings is 1. The fourth-order valence-electron chi connectivity index (χ4n) is 3.69. The first-order valence-electron chi connectivity index (χ1n) is 9.19. The van der Waals surface area contributed by atoms with E-state index in [0.717, 1.165) is 55.4 Å². The Morgan fingerprint density at radius 2 is 1.74 bits per heavy atom. The first-order valence-corrected chi connectivity index (χ1v) is 10.0. The second-order valence-corrected chi connectivity index (χ2v) is 7.95. The molecular weight excluding hydrogens is 360 g/mol. The third-order valence-corrected chi connectivity index (χ3v) is 6.32. The lowest BCUT2D eigenvalue weighted by molar-refractivity contribution is 0.0246. The summed E-state index contributed by atoms with van der Waals surface area (Å²) in [6, 6.07) is 10.2. The Morgan fingerprint density at radius 3 is 2.48 bits per heavy atom. The Kier molecular flexibility index (Phi) is 4.21. The minimum Gasteiger partial charge on any atom is -0.338 e. The van der Waals surface area contributed by atoms with E-state index in [1.54, 1.807) is 12.4 Å². The molecule has 0 bridgehead atoms. The molecule has 5 rings (SSSR count). The van der Waals surface area contributed by atoms with Crippen LogP contribution in [-0.4, -0.2) is 76.0 Å². The molecule has 7 nitrogen and oxygen atoms in total. The van der Waals surface area contributed by atoms with Crippen molar-refractivity contribution in [3.05, 3.63) is 47.7 Å². The van der Waals surface area contributed by atoms with Gasteiger partial charge < -0.3 is 9.80 Å². The summed E-state index contributed by atoms with van der Waals surface area (Å²) in [5.41, 5.74) is 0.905. The molecule has 1 amide bonds. The van der Waals surface area contributed by atoms with Gasteiger partial charge in [-0.25, -0.2) is 15.0 Å². The van der Waals surface area contributed by atoms with Gasteiger partial charge in [-0.3, -0.25) is 9.69 Å². The number of aromatic nitrogens is 3. The summed E-state index contributed by atoms with van der Waals surface area (Å²) in [6.07, 6.45) is 3.57. The smallest absolute Gasteiger partial charge is 0.282 e. The molecular formula is C19H20N6OS. The first kappa shape index (κ1) is 16.6. The van der Waals surface area contributed by atoms with E-state index in [1.165, 1.54) is 11.3 Å². The van der Waals surface area contributed by atoms with Crippen LogP contribution < -0.4 is 4.90 Å². The molecule has 1 aromatic carbocycles. The van der Waals surface area contributed by atoms with Gasteiger partial charge in [-0.15, -0.1) is 11.3 Å². The SMILES string of the molecule is O=C(c1nc2ccccc2s1)N1CC(N2CCN(c3ncccn3)CC2)C1. The monoisotopic (exact) mass is 380 g/mol. The molecule has 0 spiro atoms. The number of amides is 1. The van der Waals surface area contributed by atoms with Gasteiger partial charge >= 0.3 is 0 Å². The van der Waals surface area contributed by atoms with Crippen molar-refractivity contribution in [1.29, 1.82) is 0 Å². The van der Waals surface area contributed by atoms with Crippen molar-refractivity contribution in [2.24, 2.45) is 0 Å². The van der Waals surface area contributed by atoms with E-state index in [1.807, 2.05) is 35.2 Å². The number of para-hydroxylation sites is 1. The zero-order valence-electron chi connectivity index (χ0n) is 14.9. The molecule has 0 unspecified atom stereocenters. The van der Waals surface area contributed by atoms with Crippen molar-refractivity contribution < 1.29 is 4.79 Å². The minimum atomic E-state index is 0.0590. The molecule has 0 saturated carbocycles. The second kappa shape index (κ2) is 6.86. The molecule has 0 aliphatic carbocycles. The zero-order chi connectivity index (χ0) is 18.2. The second-order valence-electron chi connectivity index (χ2n) is 6.92. The lowest BCUT2D eigenvalue weighted by atomic mass is 10.1. The number of rotatable bonds is 3. The summed E-state index contributed by atoms with van der Waals surface area (Å²) in [7, 11) is 0. The number of anilines is 1. The van der Waals surface area contributed by atoms with E-state index in [-0.39, 0.29) is 5.91 Å². The molecule has 138 valence electrons. The Morgan fingerprint density at radius 1 is 1.00 bits per heavy atom. The predicted octanol–water partition coefficient (Wildman–Crippen LogP) is 1.73. The Labute approximate surface area is 161 Å². The standard InChI is InChI=1S/C19H20N6OS/c26-18(17-22-15-4-1-2-5-16(15)27-17)25-12-14(13-25)23-8-10-24(11-9-23)19-20-6-3-7-21-19/h1-7,14H,8-13H2. The van der Waals surface area contributed by atoms with Crippen molar-refractivity contribution in [3.8, 4) is 0 Å². The average molecular weight is 380 g/mol. The summed E-state index contributed by atoms with van der Waals surface area (Å²) >= 11 is 1.48. The van der Waals surface area contributed by atoms with Gasteiger partial charge in [-0.1, -0.05) is 12.1 Å². The molecule has 27 heavy (non-hydrogen) atoms. The normalized spacial score (nSPS) is 18.7. The topological polar surface area (TPSA) is 65.5 Å². The highest BCUT2D eigenvalue weighted by molar-refractivity contribution is 7.20. The molecule has 3 aromatic rings. The van der Waals surface area contributed by atoms with Gasteiger partial charge in [0.1, 0.15) is 0 Å². The zero-order valence-corrected chi connectivity index (χ0v) is 15.7. The number of nitrogens with zero attached hydrogens (tertiary/aromatic N) is 6. The average Bonchev–Trinajstić information content (AvgIpc) is 3.12. The molecule has 2 aliphatic heterocycles. The van der Waals surface area contributed by atoms with Gasteiger partial charge in [0.15, 0.2) is 5.01 Å². The fraction of sp³-hybridized carbons (Fsp3) is 0.368. The molecule has 2 aromatic heterocycles. The van der Waals surface area contributed by atoms with E-state index in [4.69, 9.17) is 0 Å². The van der Waals surface area contributed by atoms with Crippen LogP contribution in [-0.2, 0) is 0 Å². The van der Waals surface area contributed by atoms with Crippen molar-refractivity contribution in [2.75, 3.05) is 44.2 Å². The van der Waals surface area contributed by atoms with Gasteiger partial charge in [0, 0.05) is 57.7 Å². The van der Waals surface area contributed by atoms with Crippen LogP contribution in [0.4, 0.5) is 5.95 Å². The van der Waals surface area contributed by atoms with Gasteiger partial charge in [0.25, 0.3) is 5.91 Å². The van der Waals surface area contributed by atoms with Crippen LogP contribution in [0.25, 0.3) is 10.2 Å². The molecule has 0 N–H and O–H groups in total. The highest BCUT2D eigenvalue weighted by Gasteiger charge is 2.37. The largest absolute Gasteiger partial charge is 0.338 e. The summed E-state index contributed by atoms with van der Waals surface area (Å²) in [4.78, 5) is 32.5. The summed E-state index contributed by atoms with van der Waals surface area (Å²) < 4.78 is 1.07. The quantitative estimate of drug-likeness (QED) is 0.690. The number of carbonyl (C=O) groups excluding carboxylic acids is 1. The number of carbonyl (C=O) groups is 1. The van der Waals surface area contributed by atoms with Crippen LogP contribution in [0, 0.1) is 0 Å². The number of thiazole rings is 1. The van der Waals surface area contributed by atoms with Gasteiger partial charge in [0.05, 0.1) is 10.2 Å². The lowest BCUT2D eigenvalue weighted by Crippen LogP contribution is -2.64. The van der Waals surface area contributed by atoms with Crippen molar-refractivity contribution in [3.63, 3.8) is 0 Å². The molecule has 4 heterocycles. The molecule has 0 atom stereocenters. The van der Waals surface area contributed by atoms with E-state index >= 15 is 0 Å². The molecule has 0 radical (unpaired) electrons. The molecule has 2 saturated heterocycles. The third kappa shape index (κ3) is 3.15. The van der Waals surface area contributed by atoms with Crippen LogP contribution in [0.1, 0.15) is 9.80 Å². The van der Waals surface area contributed by atoms with Crippen LogP contribution in [0.3, 0.4) is 0 Å². The summed E-state index contributed by atoms with van der Waals surface area (Å²) in [6.45, 7) is 5.38. The van der Waals surface area contributed by atoms with Gasteiger partial charge in [0.2, 0.25) is 5.95 Å². The minimum absolute atomic E-state index is 0.0590. The number of likely N-dealkylation sites (tertiary alicyclic amines) is 1. The van der Waals surface area contributed by atoms with E-state index in [2.05, 4.69) is 24.8 Å². The Hall–Kier alpha value is -2.58. The number of fused-ring (bicyclic) bond motifs is 1. The van der Waals surface area contributed by atoms with Crippen molar-refractivity contribution in [2.45, 2.75) is 6.04 Å². The predicted molar refractivity (Wildman–Crippen MR) is 105 cm³/mol.